The number of anilines is 18. The molecule has 0 saturated carbocycles. The molecular weight excluding hydrogens is 1200 g/mol. The van der Waals surface area contributed by atoms with Crippen molar-refractivity contribution in [3.63, 3.8) is 0 Å². The summed E-state index contributed by atoms with van der Waals surface area (Å²) < 4.78 is 2.50. The van der Waals surface area contributed by atoms with E-state index < -0.39 is 0 Å². The number of hydrogen-bond donors (Lipinski definition) is 0. The Hall–Kier alpha value is -11.4. The summed E-state index contributed by atoms with van der Waals surface area (Å²) in [6, 6.07) is 112. The van der Waals surface area contributed by atoms with Gasteiger partial charge in [0, 0.05) is 94.3 Å². The Morgan fingerprint density at radius 3 is 1.37 bits per heavy atom. The van der Waals surface area contributed by atoms with E-state index in [1.807, 2.05) is 11.3 Å². The van der Waals surface area contributed by atoms with Crippen molar-refractivity contribution in [3.8, 4) is 0 Å². The summed E-state index contributed by atoms with van der Waals surface area (Å²) in [5.41, 5.74) is 24.8. The van der Waals surface area contributed by atoms with E-state index in [-0.39, 0.29) is 24.3 Å². The van der Waals surface area contributed by atoms with Crippen LogP contribution in [0, 0.1) is 0 Å². The summed E-state index contributed by atoms with van der Waals surface area (Å²) in [5, 5.41) is 1.20. The lowest BCUT2D eigenvalue weighted by atomic mass is 9.31. The van der Waals surface area contributed by atoms with E-state index in [2.05, 4.69) is 360 Å². The number of para-hydroxylation sites is 8. The van der Waals surface area contributed by atoms with Gasteiger partial charge in [0.2, 0.25) is 5.95 Å². The first-order valence-corrected chi connectivity index (χ1v) is 34.7. The topological polar surface area (TPSA) is 45.2 Å². The minimum Gasteiger partial charge on any atom is -0.311 e. The van der Waals surface area contributed by atoms with E-state index in [1.54, 1.807) is 0 Å². The van der Waals surface area contributed by atoms with Crippen LogP contribution in [0.1, 0.15) is 51.7 Å². The summed E-state index contributed by atoms with van der Waals surface area (Å²) in [5.74, 6) is 2.27. The number of thiophene rings is 1. The largest absolute Gasteiger partial charge is 0.311 e. The molecule has 1 aliphatic carbocycles. The molecule has 4 aliphatic heterocycles. The molecule has 0 bridgehead atoms. The fraction of sp³-hybridized carbons (Fsp3) is 0.0930. The molecule has 0 atom stereocenters. The van der Waals surface area contributed by atoms with Crippen LogP contribution < -0.4 is 61.5 Å². The first kappa shape index (κ1) is 57.1. The molecule has 6 heterocycles. The average molecular weight is 1270 g/mol. The van der Waals surface area contributed by atoms with Gasteiger partial charge >= 0.3 is 0 Å². The maximum atomic E-state index is 6.14. The molecule has 0 radical (unpaired) electrons. The molecule has 0 N–H and O–H groups in total. The first-order valence-electron chi connectivity index (χ1n) is 33.8. The molecule has 97 heavy (non-hydrogen) atoms. The van der Waals surface area contributed by atoms with Crippen molar-refractivity contribution in [2.24, 2.45) is 0 Å². The third-order valence-electron chi connectivity index (χ3n) is 21.0. The van der Waals surface area contributed by atoms with Crippen molar-refractivity contribution in [1.82, 2.24) is 9.97 Å². The van der Waals surface area contributed by atoms with Gasteiger partial charge in [0.1, 0.15) is 11.6 Å². The van der Waals surface area contributed by atoms with Gasteiger partial charge in [-0.05, 0) is 184 Å². The predicted molar refractivity (Wildman–Crippen MR) is 410 cm³/mol. The van der Waals surface area contributed by atoms with Gasteiger partial charge in [0.15, 0.2) is 0 Å². The molecule has 0 unspecified atom stereocenters. The number of aromatic nitrogens is 2. The van der Waals surface area contributed by atoms with Crippen molar-refractivity contribution >= 4 is 170 Å². The number of rotatable bonds is 10. The van der Waals surface area contributed by atoms with Gasteiger partial charge in [-0.2, -0.15) is 9.97 Å². The monoisotopic (exact) mass is 1260 g/mol. The molecular formula is C86H66B2N8S. The van der Waals surface area contributed by atoms with Crippen molar-refractivity contribution in [2.45, 2.75) is 51.4 Å². The average Bonchev–Trinajstić information content (AvgIpc) is 1.63. The van der Waals surface area contributed by atoms with Crippen molar-refractivity contribution in [3.05, 3.63) is 314 Å². The van der Waals surface area contributed by atoms with Gasteiger partial charge < -0.3 is 14.7 Å². The zero-order valence-electron chi connectivity index (χ0n) is 54.4. The molecule has 0 fully saturated rings. The second-order valence-electron chi connectivity index (χ2n) is 27.5. The van der Waals surface area contributed by atoms with Crippen LogP contribution in [-0.4, -0.2) is 23.4 Å². The molecule has 11 heteroatoms. The van der Waals surface area contributed by atoms with Crippen LogP contribution in [0.25, 0.3) is 10.1 Å². The van der Waals surface area contributed by atoms with E-state index >= 15 is 0 Å². The van der Waals surface area contributed by atoms with Crippen molar-refractivity contribution < 1.29 is 0 Å². The third-order valence-corrected chi connectivity index (χ3v) is 22.2. The lowest BCUT2D eigenvalue weighted by molar-refractivity contribution is 0.332. The molecule has 0 saturated heterocycles. The van der Waals surface area contributed by atoms with Crippen molar-refractivity contribution in [1.29, 1.82) is 0 Å². The van der Waals surface area contributed by atoms with Crippen LogP contribution in [-0.2, 0) is 10.8 Å². The summed E-state index contributed by atoms with van der Waals surface area (Å²) in [6.07, 6.45) is 2.22. The minimum atomic E-state index is -0.295. The second-order valence-corrected chi connectivity index (χ2v) is 28.6. The van der Waals surface area contributed by atoms with E-state index in [4.69, 9.17) is 9.97 Å². The molecule has 5 aliphatic rings. The molecule has 8 nitrogen and oxygen atoms in total. The summed E-state index contributed by atoms with van der Waals surface area (Å²) in [6.45, 7) is 9.23. The predicted octanol–water partition coefficient (Wildman–Crippen LogP) is 19.1. The Bertz CT molecular complexity index is 5330. The SMILES string of the molecule is CC1(C)CCC(C)(C)c2cc(N3c4nc(N(c5ccccc5)c5ccccc5)nc5c4B(c4cc6c(cc4N5c4ccccc4)N(c4ccccc4)c4cc(N(c5ccccc5)c5ccccc5)cc5c4B6c4ccccc4N5c4ccccc4)c4sc5ccccc5c43)ccc21. The second kappa shape index (κ2) is 22.1. The Morgan fingerprint density at radius 1 is 0.340 bits per heavy atom. The van der Waals surface area contributed by atoms with E-state index in [0.717, 1.165) is 110 Å². The Morgan fingerprint density at radius 2 is 0.794 bits per heavy atom. The zero-order chi connectivity index (χ0) is 64.7. The molecule has 2 aromatic heterocycles. The molecule has 12 aromatic carbocycles. The van der Waals surface area contributed by atoms with Gasteiger partial charge in [0.05, 0.1) is 11.4 Å². The van der Waals surface area contributed by atoms with E-state index in [0.29, 0.717) is 5.95 Å². The lowest BCUT2D eigenvalue weighted by Crippen LogP contribution is -2.65. The maximum absolute atomic E-state index is 6.14. The van der Waals surface area contributed by atoms with Gasteiger partial charge in [-0.3, -0.25) is 14.7 Å². The van der Waals surface area contributed by atoms with E-state index in [1.165, 1.54) is 53.5 Å². The fourth-order valence-corrected chi connectivity index (χ4v) is 17.8. The van der Waals surface area contributed by atoms with E-state index in [9.17, 15) is 0 Å². The third kappa shape index (κ3) is 8.91. The molecule has 14 aromatic rings. The van der Waals surface area contributed by atoms with Crippen LogP contribution >= 0.6 is 11.3 Å². The number of benzene rings is 12. The van der Waals surface area contributed by atoms with Crippen LogP contribution in [0.5, 0.6) is 0 Å². The minimum absolute atomic E-state index is 0.0196. The fourth-order valence-electron chi connectivity index (χ4n) is 16.4. The summed E-state index contributed by atoms with van der Waals surface area (Å²) >= 11 is 1.91. The number of hydrogen-bond acceptors (Lipinski definition) is 9. The Kier molecular flexibility index (Phi) is 13.0. The smallest absolute Gasteiger partial charge is 0.268 e. The lowest BCUT2D eigenvalue weighted by Gasteiger charge is -2.47. The normalized spacial score (nSPS) is 14.8. The highest BCUT2D eigenvalue weighted by atomic mass is 32.1. The van der Waals surface area contributed by atoms with Gasteiger partial charge in [0.25, 0.3) is 13.4 Å². The molecule has 462 valence electrons. The van der Waals surface area contributed by atoms with Crippen molar-refractivity contribution in [2.75, 3.05) is 29.4 Å². The standard InChI is InChI=1S/C86H66B2N8S/c1-85(2)50-51-86(3,4)68-52-64(48-49-67(68)85)96-80-66-44-26-29-47-77(66)97-81(80)88-71-55-70-73(56-74(71)95(63-42-24-11-25-43-63)82-79(88)83(96)90-84(89-82)92(59-34-16-7-17-35-59)60-36-18-8-19-37-60)94(62-40-22-10-23-41-62)76-54-65(91(57-30-12-5-13-31-57)58-32-14-6-15-33-58)53-75-78(76)87(70)69-45-27-28-46-72(69)93(75)61-38-20-9-21-39-61/h5-49,52-56H,50-51H2,1-4H3. The molecule has 0 spiro atoms. The van der Waals surface area contributed by atoms with Crippen LogP contribution in [0.3, 0.4) is 0 Å². The zero-order valence-corrected chi connectivity index (χ0v) is 55.2. The Labute approximate surface area is 571 Å². The van der Waals surface area contributed by atoms with Crippen LogP contribution in [0.15, 0.2) is 303 Å². The highest BCUT2D eigenvalue weighted by Gasteiger charge is 2.51. The summed E-state index contributed by atoms with van der Waals surface area (Å²) in [7, 11) is 0. The molecule has 0 amide bonds. The molecule has 19 rings (SSSR count). The quantitative estimate of drug-likeness (QED) is 0.126. The first-order chi connectivity index (χ1) is 47.6. The van der Waals surface area contributed by atoms with Crippen LogP contribution in [0.2, 0.25) is 0 Å². The van der Waals surface area contributed by atoms with Gasteiger partial charge in [-0.25, -0.2) is 0 Å². The highest BCUT2D eigenvalue weighted by Crippen LogP contribution is 2.54. The summed E-state index contributed by atoms with van der Waals surface area (Å²) in [4.78, 5) is 27.0. The number of nitrogens with zero attached hydrogens (tertiary/aromatic N) is 8. The Balaban J connectivity index is 0.945. The van der Waals surface area contributed by atoms with Gasteiger partial charge in [-0.15, -0.1) is 11.3 Å². The van der Waals surface area contributed by atoms with Crippen LogP contribution in [0.4, 0.5) is 103 Å². The number of fused-ring (bicyclic) bond motifs is 11. The maximum Gasteiger partial charge on any atom is 0.268 e. The highest BCUT2D eigenvalue weighted by molar-refractivity contribution is 7.33. The van der Waals surface area contributed by atoms with Gasteiger partial charge in [-0.1, -0.05) is 204 Å².